The van der Waals surface area contributed by atoms with Crippen LogP contribution >= 0.6 is 0 Å². The Bertz CT molecular complexity index is 859. The van der Waals surface area contributed by atoms with E-state index in [-0.39, 0.29) is 12.4 Å². The van der Waals surface area contributed by atoms with Crippen LogP contribution in [0.3, 0.4) is 0 Å². The topological polar surface area (TPSA) is 91.5 Å². The molecule has 122 valence electrons. The maximum absolute atomic E-state index is 13.7. The van der Waals surface area contributed by atoms with Crippen LogP contribution in [0, 0.1) is 11.2 Å². The quantitative estimate of drug-likeness (QED) is 0.606. The molecule has 3 rings (SSSR count). The SMILES string of the molecule is Cn1cnc(Nc2ncc(C=N)c(NCc3ccccc3F)n2)c1. The molecule has 0 spiro atoms. The third-order valence-corrected chi connectivity index (χ3v) is 3.32. The standard InChI is InChI=1S/C16H16FN7/c1-24-9-14(21-10-24)22-16-20-8-12(6-18)15(23-16)19-7-11-4-2-3-5-13(11)17/h2-6,8-10,18H,7H2,1H3,(H2,19,20,22,23). The van der Waals surface area contributed by atoms with Gasteiger partial charge >= 0.3 is 0 Å². The molecule has 0 aliphatic carbocycles. The average molecular weight is 325 g/mol. The van der Waals surface area contributed by atoms with E-state index in [1.807, 2.05) is 7.05 Å². The molecule has 3 N–H and O–H groups in total. The van der Waals surface area contributed by atoms with Crippen molar-refractivity contribution < 1.29 is 4.39 Å². The van der Waals surface area contributed by atoms with Gasteiger partial charge in [0, 0.05) is 37.8 Å². The molecule has 3 aromatic rings. The summed E-state index contributed by atoms with van der Waals surface area (Å²) >= 11 is 0. The van der Waals surface area contributed by atoms with Gasteiger partial charge in [0.15, 0.2) is 5.82 Å². The first-order chi connectivity index (χ1) is 11.7. The van der Waals surface area contributed by atoms with Gasteiger partial charge in [-0.05, 0) is 6.07 Å². The second-order valence-electron chi connectivity index (χ2n) is 5.14. The Hall–Kier alpha value is -3.29. The molecular weight excluding hydrogens is 309 g/mol. The molecule has 2 heterocycles. The number of aryl methyl sites for hydroxylation is 1. The van der Waals surface area contributed by atoms with Gasteiger partial charge < -0.3 is 20.6 Å². The van der Waals surface area contributed by atoms with Gasteiger partial charge in [0.25, 0.3) is 0 Å². The molecule has 7 nitrogen and oxygen atoms in total. The van der Waals surface area contributed by atoms with E-state index < -0.39 is 0 Å². The van der Waals surface area contributed by atoms with Crippen molar-refractivity contribution in [2.45, 2.75) is 6.54 Å². The Morgan fingerprint density at radius 3 is 2.83 bits per heavy atom. The summed E-state index contributed by atoms with van der Waals surface area (Å²) in [4.78, 5) is 12.6. The molecule has 1 aromatic carbocycles. The van der Waals surface area contributed by atoms with Crippen LogP contribution in [0.2, 0.25) is 0 Å². The second-order valence-corrected chi connectivity index (χ2v) is 5.14. The van der Waals surface area contributed by atoms with Crippen LogP contribution in [0.5, 0.6) is 0 Å². The third kappa shape index (κ3) is 3.54. The van der Waals surface area contributed by atoms with Crippen molar-refractivity contribution in [3.63, 3.8) is 0 Å². The van der Waals surface area contributed by atoms with Crippen molar-refractivity contribution in [3.05, 3.63) is 59.9 Å². The van der Waals surface area contributed by atoms with Gasteiger partial charge in [0.1, 0.15) is 11.6 Å². The van der Waals surface area contributed by atoms with Crippen LogP contribution in [0.1, 0.15) is 11.1 Å². The maximum Gasteiger partial charge on any atom is 0.230 e. The average Bonchev–Trinajstić information content (AvgIpc) is 2.99. The van der Waals surface area contributed by atoms with E-state index in [0.717, 1.165) is 6.21 Å². The van der Waals surface area contributed by atoms with Gasteiger partial charge in [-0.1, -0.05) is 18.2 Å². The fraction of sp³-hybridized carbons (Fsp3) is 0.125. The molecule has 0 bridgehead atoms. The van der Waals surface area contributed by atoms with E-state index >= 15 is 0 Å². The van der Waals surface area contributed by atoms with Gasteiger partial charge in [-0.25, -0.2) is 14.4 Å². The lowest BCUT2D eigenvalue weighted by Crippen LogP contribution is -2.08. The molecule has 2 aromatic heterocycles. The van der Waals surface area contributed by atoms with E-state index in [2.05, 4.69) is 25.6 Å². The lowest BCUT2D eigenvalue weighted by atomic mass is 10.2. The Kier molecular flexibility index (Phi) is 4.46. The molecule has 24 heavy (non-hydrogen) atoms. The highest BCUT2D eigenvalue weighted by Gasteiger charge is 2.08. The number of halogens is 1. The van der Waals surface area contributed by atoms with Crippen LogP contribution in [0.4, 0.5) is 22.0 Å². The van der Waals surface area contributed by atoms with Crippen LogP contribution in [0.15, 0.2) is 43.0 Å². The van der Waals surface area contributed by atoms with Crippen molar-refractivity contribution in [1.82, 2.24) is 19.5 Å². The number of rotatable bonds is 6. The van der Waals surface area contributed by atoms with Crippen molar-refractivity contribution in [2.24, 2.45) is 7.05 Å². The number of nitrogens with one attached hydrogen (secondary N) is 3. The molecule has 0 amide bonds. The van der Waals surface area contributed by atoms with Crippen LogP contribution in [0.25, 0.3) is 0 Å². The molecule has 8 heteroatoms. The lowest BCUT2D eigenvalue weighted by molar-refractivity contribution is 0.613. The van der Waals surface area contributed by atoms with Crippen LogP contribution in [-0.2, 0) is 13.6 Å². The number of hydrogen-bond acceptors (Lipinski definition) is 6. The highest BCUT2D eigenvalue weighted by Crippen LogP contribution is 2.17. The zero-order valence-electron chi connectivity index (χ0n) is 13.0. The second kappa shape index (κ2) is 6.86. The first-order valence-electron chi connectivity index (χ1n) is 7.25. The summed E-state index contributed by atoms with van der Waals surface area (Å²) in [6.07, 6.45) is 6.12. The summed E-state index contributed by atoms with van der Waals surface area (Å²) in [7, 11) is 1.86. The third-order valence-electron chi connectivity index (χ3n) is 3.32. The molecule has 0 fully saturated rings. The summed E-state index contributed by atoms with van der Waals surface area (Å²) in [5, 5.41) is 13.5. The van der Waals surface area contributed by atoms with Crippen LogP contribution in [-0.4, -0.2) is 25.7 Å². The van der Waals surface area contributed by atoms with E-state index in [0.29, 0.717) is 28.7 Å². The first-order valence-corrected chi connectivity index (χ1v) is 7.25. The number of anilines is 3. The minimum atomic E-state index is -0.290. The zero-order valence-corrected chi connectivity index (χ0v) is 13.0. The number of imidazole rings is 1. The van der Waals surface area contributed by atoms with Crippen molar-refractivity contribution in [3.8, 4) is 0 Å². The molecular formula is C16H16FN7. The summed E-state index contributed by atoms with van der Waals surface area (Å²) in [6, 6.07) is 6.51. The molecule has 0 atom stereocenters. The predicted octanol–water partition coefficient (Wildman–Crippen LogP) is 2.70. The first kappa shape index (κ1) is 15.6. The summed E-state index contributed by atoms with van der Waals surface area (Å²) in [5.41, 5.74) is 1.03. The summed E-state index contributed by atoms with van der Waals surface area (Å²) in [6.45, 7) is 0.257. The molecule has 0 aliphatic rings. The Balaban J connectivity index is 1.79. The lowest BCUT2D eigenvalue weighted by Gasteiger charge is -2.10. The molecule has 0 unspecified atom stereocenters. The number of hydrogen-bond donors (Lipinski definition) is 3. The highest BCUT2D eigenvalue weighted by molar-refractivity contribution is 5.84. The highest BCUT2D eigenvalue weighted by atomic mass is 19.1. The number of aromatic nitrogens is 4. The summed E-state index contributed by atoms with van der Waals surface area (Å²) in [5.74, 6) is 1.11. The van der Waals surface area contributed by atoms with Gasteiger partial charge in [-0.2, -0.15) is 4.98 Å². The Labute approximate surface area is 138 Å². The Morgan fingerprint density at radius 2 is 2.12 bits per heavy atom. The molecule has 0 saturated heterocycles. The molecule has 0 radical (unpaired) electrons. The van der Waals surface area contributed by atoms with Crippen LogP contribution < -0.4 is 10.6 Å². The van der Waals surface area contributed by atoms with Gasteiger partial charge in [0.05, 0.1) is 11.9 Å². The van der Waals surface area contributed by atoms with Gasteiger partial charge in [0.2, 0.25) is 5.95 Å². The summed E-state index contributed by atoms with van der Waals surface area (Å²) < 4.78 is 15.5. The van der Waals surface area contributed by atoms with E-state index in [1.165, 1.54) is 12.3 Å². The van der Waals surface area contributed by atoms with E-state index in [1.54, 1.807) is 35.3 Å². The Morgan fingerprint density at radius 1 is 1.29 bits per heavy atom. The van der Waals surface area contributed by atoms with E-state index in [9.17, 15) is 4.39 Å². The minimum Gasteiger partial charge on any atom is -0.365 e. The number of nitrogens with zero attached hydrogens (tertiary/aromatic N) is 4. The normalized spacial score (nSPS) is 10.4. The van der Waals surface area contributed by atoms with Crippen molar-refractivity contribution in [2.75, 3.05) is 10.6 Å². The molecule has 0 saturated carbocycles. The smallest absolute Gasteiger partial charge is 0.230 e. The zero-order chi connectivity index (χ0) is 16.9. The fourth-order valence-electron chi connectivity index (χ4n) is 2.11. The van der Waals surface area contributed by atoms with Gasteiger partial charge in [-0.15, -0.1) is 0 Å². The van der Waals surface area contributed by atoms with Crippen molar-refractivity contribution >= 4 is 23.8 Å². The molecule has 0 aliphatic heterocycles. The maximum atomic E-state index is 13.7. The monoisotopic (exact) mass is 325 g/mol. The van der Waals surface area contributed by atoms with Crippen molar-refractivity contribution in [1.29, 1.82) is 5.41 Å². The predicted molar refractivity (Wildman–Crippen MR) is 90.1 cm³/mol. The largest absolute Gasteiger partial charge is 0.365 e. The number of benzene rings is 1. The van der Waals surface area contributed by atoms with E-state index in [4.69, 9.17) is 5.41 Å². The fourth-order valence-corrected chi connectivity index (χ4v) is 2.11. The van der Waals surface area contributed by atoms with Gasteiger partial charge in [-0.3, -0.25) is 0 Å². The minimum absolute atomic E-state index is 0.257.